The van der Waals surface area contributed by atoms with Crippen LogP contribution >= 0.6 is 0 Å². The zero-order chi connectivity index (χ0) is 13.8. The lowest BCUT2D eigenvalue weighted by Crippen LogP contribution is -2.33. The maximum atomic E-state index is 5.64. The Morgan fingerprint density at radius 1 is 1.10 bits per heavy atom. The summed E-state index contributed by atoms with van der Waals surface area (Å²) < 4.78 is 2.09. The number of nitrogens with two attached hydrogens (primary N) is 1. The summed E-state index contributed by atoms with van der Waals surface area (Å²) in [4.78, 5) is 9.64. The standard InChI is InChI=1S/C15H23N5/c16-5-9-18-6-3-7-19(11-10-18)12-14-13-20-8-2-1-4-15(20)17-14/h1-2,4,8,13H,3,5-7,9-12,16H2. The van der Waals surface area contributed by atoms with Gasteiger partial charge >= 0.3 is 0 Å². The van der Waals surface area contributed by atoms with Crippen LogP contribution in [0.4, 0.5) is 0 Å². The lowest BCUT2D eigenvalue weighted by atomic mass is 10.3. The summed E-state index contributed by atoms with van der Waals surface area (Å²) in [5.74, 6) is 0. The maximum Gasteiger partial charge on any atom is 0.137 e. The van der Waals surface area contributed by atoms with Crippen LogP contribution in [0.15, 0.2) is 30.6 Å². The second-order valence-corrected chi connectivity index (χ2v) is 5.46. The molecule has 0 aliphatic carbocycles. The molecule has 2 aromatic rings. The molecule has 2 N–H and O–H groups in total. The van der Waals surface area contributed by atoms with Crippen LogP contribution in [0.1, 0.15) is 12.1 Å². The van der Waals surface area contributed by atoms with E-state index in [2.05, 4.69) is 37.6 Å². The molecule has 0 atom stereocenters. The molecular weight excluding hydrogens is 250 g/mol. The summed E-state index contributed by atoms with van der Waals surface area (Å²) in [5.41, 5.74) is 7.83. The molecule has 5 nitrogen and oxygen atoms in total. The minimum atomic E-state index is 0.756. The van der Waals surface area contributed by atoms with E-state index in [-0.39, 0.29) is 0 Å². The molecule has 0 unspecified atom stereocenters. The second-order valence-electron chi connectivity index (χ2n) is 5.46. The molecule has 1 aliphatic heterocycles. The van der Waals surface area contributed by atoms with Gasteiger partial charge in [0.05, 0.1) is 5.69 Å². The van der Waals surface area contributed by atoms with Crippen LogP contribution in [-0.2, 0) is 6.54 Å². The van der Waals surface area contributed by atoms with Crippen molar-refractivity contribution < 1.29 is 0 Å². The summed E-state index contributed by atoms with van der Waals surface area (Å²) in [6, 6.07) is 6.12. The second kappa shape index (κ2) is 6.35. The van der Waals surface area contributed by atoms with E-state index in [1.165, 1.54) is 13.0 Å². The van der Waals surface area contributed by atoms with Gasteiger partial charge in [-0.15, -0.1) is 0 Å². The molecule has 0 radical (unpaired) electrons. The van der Waals surface area contributed by atoms with Crippen LogP contribution in [0.3, 0.4) is 0 Å². The molecule has 20 heavy (non-hydrogen) atoms. The third-order valence-corrected chi connectivity index (χ3v) is 3.93. The number of nitrogens with zero attached hydrogens (tertiary/aromatic N) is 4. The van der Waals surface area contributed by atoms with Crippen molar-refractivity contribution in [1.29, 1.82) is 0 Å². The molecule has 1 saturated heterocycles. The van der Waals surface area contributed by atoms with E-state index in [0.29, 0.717) is 0 Å². The monoisotopic (exact) mass is 273 g/mol. The van der Waals surface area contributed by atoms with Gasteiger partial charge in [0.25, 0.3) is 0 Å². The number of rotatable bonds is 4. The van der Waals surface area contributed by atoms with Gasteiger partial charge in [0, 0.05) is 45.1 Å². The van der Waals surface area contributed by atoms with Crippen LogP contribution in [-0.4, -0.2) is 58.5 Å². The smallest absolute Gasteiger partial charge is 0.137 e. The lowest BCUT2D eigenvalue weighted by Gasteiger charge is -2.20. The van der Waals surface area contributed by atoms with Crippen LogP contribution < -0.4 is 5.73 Å². The Balaban J connectivity index is 1.62. The topological polar surface area (TPSA) is 49.8 Å². The van der Waals surface area contributed by atoms with Gasteiger partial charge in [0.15, 0.2) is 0 Å². The van der Waals surface area contributed by atoms with Gasteiger partial charge < -0.3 is 15.0 Å². The van der Waals surface area contributed by atoms with Crippen molar-refractivity contribution in [2.75, 3.05) is 39.3 Å². The largest absolute Gasteiger partial charge is 0.329 e. The van der Waals surface area contributed by atoms with Crippen LogP contribution in [0.2, 0.25) is 0 Å². The van der Waals surface area contributed by atoms with E-state index in [4.69, 9.17) is 5.73 Å². The molecule has 0 amide bonds. The molecule has 0 saturated carbocycles. The number of fused-ring (bicyclic) bond motifs is 1. The Labute approximate surface area is 120 Å². The van der Waals surface area contributed by atoms with Gasteiger partial charge in [0.2, 0.25) is 0 Å². The Bertz CT molecular complexity index is 517. The number of pyridine rings is 1. The molecule has 0 spiro atoms. The molecule has 3 rings (SSSR count). The maximum absolute atomic E-state index is 5.64. The summed E-state index contributed by atoms with van der Waals surface area (Å²) in [6.07, 6.45) is 5.41. The van der Waals surface area contributed by atoms with Crippen LogP contribution in [0.5, 0.6) is 0 Å². The average Bonchev–Trinajstić information content (AvgIpc) is 2.73. The highest BCUT2D eigenvalue weighted by atomic mass is 15.2. The first-order valence-electron chi connectivity index (χ1n) is 7.42. The van der Waals surface area contributed by atoms with Crippen molar-refractivity contribution in [2.24, 2.45) is 5.73 Å². The van der Waals surface area contributed by atoms with Gasteiger partial charge in [-0.1, -0.05) is 6.07 Å². The SMILES string of the molecule is NCCN1CCCN(Cc2cn3ccccc3n2)CC1. The molecular formula is C15H23N5. The third-order valence-electron chi connectivity index (χ3n) is 3.93. The van der Waals surface area contributed by atoms with Crippen molar-refractivity contribution >= 4 is 5.65 Å². The normalized spacial score (nSPS) is 18.4. The minimum absolute atomic E-state index is 0.756. The zero-order valence-corrected chi connectivity index (χ0v) is 11.9. The van der Waals surface area contributed by atoms with Gasteiger partial charge in [-0.25, -0.2) is 4.98 Å². The minimum Gasteiger partial charge on any atom is -0.329 e. The molecule has 1 fully saturated rings. The highest BCUT2D eigenvalue weighted by molar-refractivity contribution is 5.39. The third kappa shape index (κ3) is 3.17. The number of hydrogen-bond donors (Lipinski definition) is 1. The van der Waals surface area contributed by atoms with E-state index < -0.39 is 0 Å². The van der Waals surface area contributed by atoms with Crippen molar-refractivity contribution in [3.63, 3.8) is 0 Å². The first kappa shape index (κ1) is 13.5. The summed E-state index contributed by atoms with van der Waals surface area (Å²) in [7, 11) is 0. The number of hydrogen-bond acceptors (Lipinski definition) is 4. The summed E-state index contributed by atoms with van der Waals surface area (Å²) >= 11 is 0. The van der Waals surface area contributed by atoms with Crippen molar-refractivity contribution in [3.8, 4) is 0 Å². The Kier molecular flexibility index (Phi) is 4.30. The number of imidazole rings is 1. The van der Waals surface area contributed by atoms with Crippen LogP contribution in [0, 0.1) is 0 Å². The molecule has 3 heterocycles. The van der Waals surface area contributed by atoms with E-state index >= 15 is 0 Å². The zero-order valence-electron chi connectivity index (χ0n) is 11.9. The number of aromatic nitrogens is 2. The predicted molar refractivity (Wildman–Crippen MR) is 80.6 cm³/mol. The quantitative estimate of drug-likeness (QED) is 0.895. The van der Waals surface area contributed by atoms with Crippen molar-refractivity contribution in [2.45, 2.75) is 13.0 Å². The fourth-order valence-corrected chi connectivity index (χ4v) is 2.88. The first-order chi connectivity index (χ1) is 9.85. The summed E-state index contributed by atoms with van der Waals surface area (Å²) in [6.45, 7) is 7.25. The lowest BCUT2D eigenvalue weighted by molar-refractivity contribution is 0.253. The molecule has 1 aliphatic rings. The molecule has 5 heteroatoms. The predicted octanol–water partition coefficient (Wildman–Crippen LogP) is 0.801. The fraction of sp³-hybridized carbons (Fsp3) is 0.533. The van der Waals surface area contributed by atoms with E-state index in [1.807, 2.05) is 12.1 Å². The van der Waals surface area contributed by atoms with Crippen LogP contribution in [0.25, 0.3) is 5.65 Å². The Hall–Kier alpha value is -1.43. The van der Waals surface area contributed by atoms with E-state index in [0.717, 1.165) is 50.6 Å². The van der Waals surface area contributed by atoms with E-state index in [1.54, 1.807) is 0 Å². The van der Waals surface area contributed by atoms with Gasteiger partial charge in [0.1, 0.15) is 5.65 Å². The van der Waals surface area contributed by atoms with Crippen molar-refractivity contribution in [3.05, 3.63) is 36.3 Å². The highest BCUT2D eigenvalue weighted by Crippen LogP contribution is 2.10. The average molecular weight is 273 g/mol. The summed E-state index contributed by atoms with van der Waals surface area (Å²) in [5, 5.41) is 0. The van der Waals surface area contributed by atoms with E-state index in [9.17, 15) is 0 Å². The Morgan fingerprint density at radius 3 is 2.80 bits per heavy atom. The van der Waals surface area contributed by atoms with Gasteiger partial charge in [-0.3, -0.25) is 4.90 Å². The van der Waals surface area contributed by atoms with Gasteiger partial charge in [-0.05, 0) is 31.6 Å². The molecule has 108 valence electrons. The van der Waals surface area contributed by atoms with Gasteiger partial charge in [-0.2, -0.15) is 0 Å². The molecule has 0 bridgehead atoms. The highest BCUT2D eigenvalue weighted by Gasteiger charge is 2.15. The fourth-order valence-electron chi connectivity index (χ4n) is 2.88. The molecule has 2 aromatic heterocycles. The van der Waals surface area contributed by atoms with Crippen molar-refractivity contribution in [1.82, 2.24) is 19.2 Å². The molecule has 0 aromatic carbocycles. The first-order valence-corrected chi connectivity index (χ1v) is 7.42. The Morgan fingerprint density at radius 2 is 1.95 bits per heavy atom.